The fraction of sp³-hybridized carbons (Fsp3) is 1.00. The third-order valence-corrected chi connectivity index (χ3v) is 2.31. The van der Waals surface area contributed by atoms with E-state index in [-0.39, 0.29) is 5.60 Å². The van der Waals surface area contributed by atoms with Gasteiger partial charge >= 0.3 is 0 Å². The summed E-state index contributed by atoms with van der Waals surface area (Å²) in [7, 11) is 0. The summed E-state index contributed by atoms with van der Waals surface area (Å²) in [6.45, 7) is 15.6. The highest BCUT2D eigenvalue weighted by Gasteiger charge is 2.08. The molecule has 0 spiro atoms. The van der Waals surface area contributed by atoms with Gasteiger partial charge < -0.3 is 24.3 Å². The van der Waals surface area contributed by atoms with Gasteiger partial charge in [0.1, 0.15) is 0 Å². The van der Waals surface area contributed by atoms with Crippen LogP contribution in [0.25, 0.3) is 0 Å². The molecule has 0 unspecified atom stereocenters. The van der Waals surface area contributed by atoms with E-state index in [9.17, 15) is 0 Å². The van der Waals surface area contributed by atoms with Crippen molar-refractivity contribution in [3.63, 3.8) is 0 Å². The molecule has 0 bridgehead atoms. The van der Waals surface area contributed by atoms with E-state index in [0.717, 1.165) is 13.2 Å². The Kier molecular flexibility index (Phi) is 12.4. The van der Waals surface area contributed by atoms with E-state index in [4.69, 9.17) is 18.9 Å². The highest BCUT2D eigenvalue weighted by molar-refractivity contribution is 4.57. The number of nitrogens with one attached hydrogen (secondary N) is 1. The summed E-state index contributed by atoms with van der Waals surface area (Å²) < 4.78 is 21.8. The minimum atomic E-state index is -0.0956. The van der Waals surface area contributed by atoms with Gasteiger partial charge in [0.15, 0.2) is 0 Å². The summed E-state index contributed by atoms with van der Waals surface area (Å²) in [6, 6.07) is 0.509. The van der Waals surface area contributed by atoms with Gasteiger partial charge in [-0.25, -0.2) is 0 Å². The van der Waals surface area contributed by atoms with Crippen LogP contribution >= 0.6 is 0 Å². The Bertz CT molecular complexity index is 205. The molecule has 0 aliphatic heterocycles. The molecule has 0 saturated carbocycles. The highest BCUT2D eigenvalue weighted by Crippen LogP contribution is 2.05. The third-order valence-electron chi connectivity index (χ3n) is 2.31. The summed E-state index contributed by atoms with van der Waals surface area (Å²) in [4.78, 5) is 0. The van der Waals surface area contributed by atoms with Crippen LogP contribution in [0, 0.1) is 0 Å². The molecule has 0 amide bonds. The standard InChI is InChI=1S/C15H33NO4/c1-14(2)16-6-7-17-8-9-18-10-11-19-12-13-20-15(3,4)5/h14,16H,6-13H2,1-5H3. The molecule has 0 saturated heterocycles. The van der Waals surface area contributed by atoms with Gasteiger partial charge in [-0.05, 0) is 20.8 Å². The topological polar surface area (TPSA) is 49.0 Å². The Morgan fingerprint density at radius 2 is 1.20 bits per heavy atom. The summed E-state index contributed by atoms with van der Waals surface area (Å²) in [5.74, 6) is 0. The van der Waals surface area contributed by atoms with Gasteiger partial charge in [-0.2, -0.15) is 0 Å². The lowest BCUT2D eigenvalue weighted by molar-refractivity contribution is -0.0449. The van der Waals surface area contributed by atoms with Crippen LogP contribution < -0.4 is 5.32 Å². The lowest BCUT2D eigenvalue weighted by Gasteiger charge is -2.19. The van der Waals surface area contributed by atoms with Crippen LogP contribution in [-0.4, -0.2) is 64.4 Å². The van der Waals surface area contributed by atoms with E-state index in [2.05, 4.69) is 19.2 Å². The average Bonchev–Trinajstić information content (AvgIpc) is 2.33. The molecule has 0 atom stereocenters. The van der Waals surface area contributed by atoms with E-state index < -0.39 is 0 Å². The first kappa shape index (κ1) is 19.8. The molecular weight excluding hydrogens is 258 g/mol. The zero-order chi connectivity index (χ0) is 15.3. The fourth-order valence-electron chi connectivity index (χ4n) is 1.37. The van der Waals surface area contributed by atoms with Crippen molar-refractivity contribution in [2.45, 2.75) is 46.3 Å². The number of rotatable bonds is 13. The lowest BCUT2D eigenvalue weighted by Crippen LogP contribution is -2.27. The molecule has 0 radical (unpaired) electrons. The zero-order valence-corrected chi connectivity index (χ0v) is 13.9. The summed E-state index contributed by atoms with van der Waals surface area (Å²) >= 11 is 0. The van der Waals surface area contributed by atoms with Gasteiger partial charge in [-0.1, -0.05) is 13.8 Å². The molecule has 0 aromatic heterocycles. The maximum Gasteiger partial charge on any atom is 0.0707 e. The summed E-state index contributed by atoms with van der Waals surface area (Å²) in [5.41, 5.74) is -0.0956. The highest BCUT2D eigenvalue weighted by atomic mass is 16.6. The summed E-state index contributed by atoms with van der Waals surface area (Å²) in [5, 5.41) is 3.29. The Balaban J connectivity index is 3.03. The van der Waals surface area contributed by atoms with Gasteiger partial charge in [-0.15, -0.1) is 0 Å². The monoisotopic (exact) mass is 291 g/mol. The number of ether oxygens (including phenoxy) is 4. The van der Waals surface area contributed by atoms with E-state index >= 15 is 0 Å². The average molecular weight is 291 g/mol. The second-order valence-electron chi connectivity index (χ2n) is 5.91. The number of hydrogen-bond donors (Lipinski definition) is 1. The molecule has 122 valence electrons. The van der Waals surface area contributed by atoms with Crippen molar-refractivity contribution in [2.75, 3.05) is 52.8 Å². The fourth-order valence-corrected chi connectivity index (χ4v) is 1.37. The first-order chi connectivity index (χ1) is 9.42. The zero-order valence-electron chi connectivity index (χ0n) is 13.9. The summed E-state index contributed by atoms with van der Waals surface area (Å²) in [6.07, 6.45) is 0. The van der Waals surface area contributed by atoms with Crippen LogP contribution in [0.15, 0.2) is 0 Å². The molecule has 20 heavy (non-hydrogen) atoms. The van der Waals surface area contributed by atoms with Gasteiger partial charge in [-0.3, -0.25) is 0 Å². The van der Waals surface area contributed by atoms with Crippen LogP contribution in [0.2, 0.25) is 0 Å². The molecule has 0 rings (SSSR count). The maximum atomic E-state index is 5.54. The van der Waals surface area contributed by atoms with E-state index in [1.807, 2.05) is 20.8 Å². The van der Waals surface area contributed by atoms with E-state index in [0.29, 0.717) is 45.7 Å². The maximum absolute atomic E-state index is 5.54. The minimum absolute atomic E-state index is 0.0956. The van der Waals surface area contributed by atoms with Crippen molar-refractivity contribution < 1.29 is 18.9 Å². The number of hydrogen-bond acceptors (Lipinski definition) is 5. The van der Waals surface area contributed by atoms with Crippen LogP contribution in [-0.2, 0) is 18.9 Å². The second-order valence-corrected chi connectivity index (χ2v) is 5.91. The van der Waals surface area contributed by atoms with Gasteiger partial charge in [0.2, 0.25) is 0 Å². The van der Waals surface area contributed by atoms with Crippen LogP contribution in [0.5, 0.6) is 0 Å². The van der Waals surface area contributed by atoms with Gasteiger partial charge in [0, 0.05) is 12.6 Å². The second kappa shape index (κ2) is 12.5. The Labute approximate surface area is 124 Å². The van der Waals surface area contributed by atoms with Crippen molar-refractivity contribution in [1.82, 2.24) is 5.32 Å². The largest absolute Gasteiger partial charge is 0.378 e. The van der Waals surface area contributed by atoms with Crippen LogP contribution in [0.1, 0.15) is 34.6 Å². The van der Waals surface area contributed by atoms with Crippen molar-refractivity contribution >= 4 is 0 Å². The normalized spacial score (nSPS) is 12.3. The minimum Gasteiger partial charge on any atom is -0.378 e. The molecule has 0 aromatic rings. The van der Waals surface area contributed by atoms with Gasteiger partial charge in [0.25, 0.3) is 0 Å². The van der Waals surface area contributed by atoms with E-state index in [1.54, 1.807) is 0 Å². The first-order valence-electron chi connectivity index (χ1n) is 7.52. The predicted octanol–water partition coefficient (Wildman–Crippen LogP) is 1.85. The molecule has 0 heterocycles. The van der Waals surface area contributed by atoms with E-state index in [1.165, 1.54) is 0 Å². The van der Waals surface area contributed by atoms with Crippen molar-refractivity contribution in [2.24, 2.45) is 0 Å². The molecule has 0 fully saturated rings. The smallest absolute Gasteiger partial charge is 0.0707 e. The van der Waals surface area contributed by atoms with Crippen molar-refractivity contribution in [1.29, 1.82) is 0 Å². The van der Waals surface area contributed by atoms with Crippen molar-refractivity contribution in [3.8, 4) is 0 Å². The Morgan fingerprint density at radius 1 is 0.750 bits per heavy atom. The quantitative estimate of drug-likeness (QED) is 0.525. The SMILES string of the molecule is CC(C)NCCOCCOCCOCCOC(C)(C)C. The molecule has 0 aromatic carbocycles. The Hall–Kier alpha value is -0.200. The molecule has 0 aliphatic carbocycles. The molecule has 0 aliphatic rings. The molecular formula is C15H33NO4. The van der Waals surface area contributed by atoms with Crippen molar-refractivity contribution in [3.05, 3.63) is 0 Å². The first-order valence-corrected chi connectivity index (χ1v) is 7.52. The van der Waals surface area contributed by atoms with Gasteiger partial charge in [0.05, 0.1) is 51.8 Å². The molecule has 1 N–H and O–H groups in total. The molecule has 5 nitrogen and oxygen atoms in total. The third kappa shape index (κ3) is 17.8. The molecule has 5 heteroatoms. The van der Waals surface area contributed by atoms with Crippen LogP contribution in [0.4, 0.5) is 0 Å². The Morgan fingerprint density at radius 3 is 1.65 bits per heavy atom. The lowest BCUT2D eigenvalue weighted by atomic mass is 10.2. The van der Waals surface area contributed by atoms with Crippen LogP contribution in [0.3, 0.4) is 0 Å². The predicted molar refractivity (Wildman–Crippen MR) is 81.3 cm³/mol.